The van der Waals surface area contributed by atoms with Gasteiger partial charge in [-0.2, -0.15) is 0 Å². The lowest BCUT2D eigenvalue weighted by atomic mass is 10.0. The molecule has 1 saturated heterocycles. The van der Waals surface area contributed by atoms with Gasteiger partial charge in [-0.15, -0.1) is 0 Å². The van der Waals surface area contributed by atoms with Crippen molar-refractivity contribution in [2.45, 2.75) is 19.3 Å². The highest BCUT2D eigenvalue weighted by Crippen LogP contribution is 2.30. The van der Waals surface area contributed by atoms with Crippen molar-refractivity contribution < 1.29 is 19.1 Å². The first kappa shape index (κ1) is 17.7. The fourth-order valence-corrected chi connectivity index (χ4v) is 3.62. The Hall–Kier alpha value is -2.67. The average molecular weight is 429 g/mol. The first-order chi connectivity index (χ1) is 13.0. The van der Waals surface area contributed by atoms with Crippen LogP contribution in [-0.4, -0.2) is 24.3 Å². The molecular formula is C20H17BrN2O4. The maximum absolute atomic E-state index is 12.5. The van der Waals surface area contributed by atoms with Crippen molar-refractivity contribution in [3.63, 3.8) is 0 Å². The Bertz CT molecular complexity index is 926. The van der Waals surface area contributed by atoms with E-state index in [4.69, 9.17) is 4.74 Å². The molecule has 2 heterocycles. The maximum atomic E-state index is 12.5. The Balaban J connectivity index is 1.44. The molecule has 2 aliphatic rings. The van der Waals surface area contributed by atoms with Crippen molar-refractivity contribution in [1.29, 1.82) is 0 Å². The Morgan fingerprint density at radius 3 is 2.67 bits per heavy atom. The highest BCUT2D eigenvalue weighted by Gasteiger charge is 2.36. The summed E-state index contributed by atoms with van der Waals surface area (Å²) in [5.74, 6) is -0.582. The van der Waals surface area contributed by atoms with Gasteiger partial charge in [0.05, 0.1) is 5.92 Å². The van der Waals surface area contributed by atoms with Crippen LogP contribution in [0.1, 0.15) is 18.4 Å². The summed E-state index contributed by atoms with van der Waals surface area (Å²) in [5, 5.41) is 2.80. The number of nitrogens with one attached hydrogen (secondary N) is 1. The highest BCUT2D eigenvalue weighted by atomic mass is 79.9. The van der Waals surface area contributed by atoms with Crippen molar-refractivity contribution >= 4 is 45.1 Å². The number of rotatable bonds is 3. The van der Waals surface area contributed by atoms with Gasteiger partial charge in [0.1, 0.15) is 5.75 Å². The number of benzene rings is 2. The zero-order chi connectivity index (χ0) is 19.0. The van der Waals surface area contributed by atoms with E-state index in [2.05, 4.69) is 21.2 Å². The number of carbonyl (C=O) groups is 3. The van der Waals surface area contributed by atoms with Crippen LogP contribution in [0.3, 0.4) is 0 Å². The molecule has 7 heteroatoms. The molecule has 4 rings (SSSR count). The third kappa shape index (κ3) is 3.73. The van der Waals surface area contributed by atoms with E-state index in [-0.39, 0.29) is 18.2 Å². The molecule has 0 bridgehead atoms. The summed E-state index contributed by atoms with van der Waals surface area (Å²) in [5.41, 5.74) is 2.46. The van der Waals surface area contributed by atoms with Crippen molar-refractivity contribution in [2.75, 3.05) is 16.8 Å². The second-order valence-corrected chi connectivity index (χ2v) is 7.59. The van der Waals surface area contributed by atoms with Crippen molar-refractivity contribution in [2.24, 2.45) is 5.92 Å². The molecule has 138 valence electrons. The second kappa shape index (κ2) is 7.15. The van der Waals surface area contributed by atoms with Gasteiger partial charge in [0.2, 0.25) is 11.8 Å². The third-order valence-corrected chi connectivity index (χ3v) is 5.32. The lowest BCUT2D eigenvalue weighted by Gasteiger charge is -2.18. The van der Waals surface area contributed by atoms with Crippen molar-refractivity contribution in [3.05, 3.63) is 52.5 Å². The van der Waals surface area contributed by atoms with Crippen LogP contribution in [0.25, 0.3) is 0 Å². The largest absolute Gasteiger partial charge is 0.426 e. The van der Waals surface area contributed by atoms with E-state index in [0.717, 1.165) is 21.4 Å². The lowest BCUT2D eigenvalue weighted by molar-refractivity contribution is -0.139. The summed E-state index contributed by atoms with van der Waals surface area (Å²) in [6.07, 6.45) is 1.17. The number of hydrogen-bond donors (Lipinski definition) is 1. The number of fused-ring (bicyclic) bond motifs is 1. The zero-order valence-corrected chi connectivity index (χ0v) is 16.0. The fourth-order valence-electron chi connectivity index (χ4n) is 3.36. The van der Waals surface area contributed by atoms with E-state index < -0.39 is 11.9 Å². The van der Waals surface area contributed by atoms with Crippen LogP contribution in [0.4, 0.5) is 11.4 Å². The monoisotopic (exact) mass is 428 g/mol. The lowest BCUT2D eigenvalue weighted by Crippen LogP contribution is -2.27. The molecule has 0 aliphatic carbocycles. The predicted octanol–water partition coefficient (Wildman–Crippen LogP) is 3.29. The van der Waals surface area contributed by atoms with Gasteiger partial charge in [0.25, 0.3) is 0 Å². The van der Waals surface area contributed by atoms with Crippen LogP contribution < -0.4 is 15.0 Å². The molecule has 6 nitrogen and oxygen atoms in total. The standard InChI is InChI=1S/C20H17BrN2O4/c21-14-2-4-15(5-3-14)23-11-13(10-19(23)25)20(26)27-16-6-7-17-12(9-16)1-8-18(24)22-17/h2-7,9,13H,1,8,10-11H2,(H,22,24)/t13-/m0/s1. The molecule has 2 aromatic carbocycles. The zero-order valence-electron chi connectivity index (χ0n) is 14.4. The van der Waals surface area contributed by atoms with E-state index in [1.807, 2.05) is 24.3 Å². The van der Waals surface area contributed by atoms with E-state index in [1.165, 1.54) is 0 Å². The van der Waals surface area contributed by atoms with E-state index in [9.17, 15) is 14.4 Å². The van der Waals surface area contributed by atoms with Gasteiger partial charge in [-0.25, -0.2) is 0 Å². The first-order valence-electron chi connectivity index (χ1n) is 8.70. The molecule has 0 aromatic heterocycles. The number of ether oxygens (including phenoxy) is 1. The molecular weight excluding hydrogens is 412 g/mol. The summed E-state index contributed by atoms with van der Waals surface area (Å²) in [4.78, 5) is 37.9. The SMILES string of the molecule is O=C1CCc2cc(OC(=O)[C@H]3CC(=O)N(c4ccc(Br)cc4)C3)ccc2N1. The minimum atomic E-state index is -0.503. The molecule has 0 radical (unpaired) electrons. The minimum absolute atomic E-state index is 0.00949. The van der Waals surface area contributed by atoms with Gasteiger partial charge in [-0.05, 0) is 54.4 Å². The molecule has 1 atom stereocenters. The number of anilines is 2. The molecule has 1 fully saturated rings. The van der Waals surface area contributed by atoms with Crippen LogP contribution in [0.15, 0.2) is 46.9 Å². The Kier molecular flexibility index (Phi) is 4.70. The smallest absolute Gasteiger partial charge is 0.316 e. The average Bonchev–Trinajstić information content (AvgIpc) is 3.04. The number of nitrogens with zero attached hydrogens (tertiary/aromatic N) is 1. The van der Waals surface area contributed by atoms with E-state index in [0.29, 0.717) is 25.1 Å². The summed E-state index contributed by atoms with van der Waals surface area (Å²) in [6.45, 7) is 0.306. The predicted molar refractivity (Wildman–Crippen MR) is 104 cm³/mol. The summed E-state index contributed by atoms with van der Waals surface area (Å²) >= 11 is 3.37. The van der Waals surface area contributed by atoms with Crippen LogP contribution in [-0.2, 0) is 20.8 Å². The summed E-state index contributed by atoms with van der Waals surface area (Å²) < 4.78 is 6.43. The topological polar surface area (TPSA) is 75.7 Å². The third-order valence-electron chi connectivity index (χ3n) is 4.79. The fraction of sp³-hybridized carbons (Fsp3) is 0.250. The first-order valence-corrected chi connectivity index (χ1v) is 9.49. The number of hydrogen-bond acceptors (Lipinski definition) is 4. The molecule has 0 unspecified atom stereocenters. The Morgan fingerprint density at radius 2 is 1.89 bits per heavy atom. The number of carbonyl (C=O) groups excluding carboxylic acids is 3. The van der Waals surface area contributed by atoms with Crippen LogP contribution in [0.5, 0.6) is 5.75 Å². The highest BCUT2D eigenvalue weighted by molar-refractivity contribution is 9.10. The van der Waals surface area contributed by atoms with E-state index >= 15 is 0 Å². The molecule has 2 amide bonds. The van der Waals surface area contributed by atoms with Crippen molar-refractivity contribution in [3.8, 4) is 5.75 Å². The number of aryl methyl sites for hydroxylation is 1. The Morgan fingerprint density at radius 1 is 1.11 bits per heavy atom. The molecule has 2 aliphatic heterocycles. The van der Waals surface area contributed by atoms with Crippen molar-refractivity contribution in [1.82, 2.24) is 0 Å². The normalized spacial score (nSPS) is 18.9. The number of halogens is 1. The molecule has 27 heavy (non-hydrogen) atoms. The van der Waals surface area contributed by atoms with Gasteiger partial charge < -0.3 is 15.0 Å². The minimum Gasteiger partial charge on any atom is -0.426 e. The summed E-state index contributed by atoms with van der Waals surface area (Å²) in [7, 11) is 0. The summed E-state index contributed by atoms with van der Waals surface area (Å²) in [6, 6.07) is 12.6. The Labute approximate surface area is 164 Å². The maximum Gasteiger partial charge on any atom is 0.316 e. The number of esters is 1. The van der Waals surface area contributed by atoms with E-state index in [1.54, 1.807) is 23.1 Å². The molecule has 1 N–H and O–H groups in total. The van der Waals surface area contributed by atoms with Gasteiger partial charge in [-0.3, -0.25) is 14.4 Å². The molecule has 2 aromatic rings. The van der Waals surface area contributed by atoms with Crippen LogP contribution in [0.2, 0.25) is 0 Å². The second-order valence-electron chi connectivity index (χ2n) is 6.67. The van der Waals surface area contributed by atoms with Gasteiger partial charge in [0.15, 0.2) is 0 Å². The molecule has 0 spiro atoms. The quantitative estimate of drug-likeness (QED) is 0.600. The van der Waals surface area contributed by atoms with Crippen LogP contribution >= 0.6 is 15.9 Å². The molecule has 0 saturated carbocycles. The van der Waals surface area contributed by atoms with Gasteiger partial charge >= 0.3 is 5.97 Å². The van der Waals surface area contributed by atoms with Gasteiger partial charge in [-0.1, -0.05) is 15.9 Å². The number of amides is 2. The van der Waals surface area contributed by atoms with Crippen LogP contribution in [0, 0.1) is 5.92 Å². The van der Waals surface area contributed by atoms with Gasteiger partial charge in [0, 0.05) is 35.2 Å².